The molecule has 2 amide bonds. The van der Waals surface area contributed by atoms with E-state index in [0.29, 0.717) is 17.6 Å². The lowest BCUT2D eigenvalue weighted by atomic mass is 9.63. The maximum absolute atomic E-state index is 12.9. The first-order valence-electron chi connectivity index (χ1n) is 9.26. The Morgan fingerprint density at radius 2 is 1.54 bits per heavy atom. The molecule has 2 bridgehead atoms. The van der Waals surface area contributed by atoms with Crippen molar-refractivity contribution in [1.29, 1.82) is 0 Å². The van der Waals surface area contributed by atoms with E-state index in [9.17, 15) is 14.4 Å². The van der Waals surface area contributed by atoms with Gasteiger partial charge in [-0.3, -0.25) is 14.5 Å². The second-order valence-corrected chi connectivity index (χ2v) is 8.21. The molecular weight excluding hydrogens is 330 g/mol. The number of amides is 2. The summed E-state index contributed by atoms with van der Waals surface area (Å²) in [6, 6.07) is 5.54. The van der Waals surface area contributed by atoms with Crippen molar-refractivity contribution in [2.75, 3.05) is 6.54 Å². The molecule has 6 rings (SSSR count). The highest BCUT2D eigenvalue weighted by atomic mass is 16.5. The molecule has 5 heteroatoms. The number of likely N-dealkylation sites (tertiary alicyclic amines) is 1. The number of allylic oxidation sites excluding steroid dienone is 2. The number of rotatable bonds is 3. The van der Waals surface area contributed by atoms with E-state index in [1.54, 1.807) is 12.1 Å². The number of hydrogen-bond donors (Lipinski definition) is 0. The van der Waals surface area contributed by atoms with Crippen molar-refractivity contribution in [3.05, 3.63) is 41.5 Å². The third-order valence-corrected chi connectivity index (χ3v) is 6.47. The molecule has 3 fully saturated rings. The van der Waals surface area contributed by atoms with Crippen molar-refractivity contribution in [2.45, 2.75) is 20.3 Å². The Kier molecular flexibility index (Phi) is 3.21. The van der Waals surface area contributed by atoms with Crippen molar-refractivity contribution >= 4 is 17.8 Å². The van der Waals surface area contributed by atoms with Crippen molar-refractivity contribution in [3.8, 4) is 5.75 Å². The van der Waals surface area contributed by atoms with Crippen LogP contribution >= 0.6 is 0 Å². The van der Waals surface area contributed by atoms with Gasteiger partial charge in [-0.1, -0.05) is 18.2 Å². The highest BCUT2D eigenvalue weighted by Crippen LogP contribution is 2.65. The molecule has 1 saturated heterocycles. The quantitative estimate of drug-likeness (QED) is 0.363. The molecule has 1 aromatic rings. The molecule has 1 aromatic carbocycles. The van der Waals surface area contributed by atoms with Crippen molar-refractivity contribution < 1.29 is 19.1 Å². The zero-order valence-electron chi connectivity index (χ0n) is 14.8. The van der Waals surface area contributed by atoms with Crippen LogP contribution in [-0.4, -0.2) is 29.2 Å². The predicted molar refractivity (Wildman–Crippen MR) is 93.0 cm³/mol. The molecule has 0 spiro atoms. The summed E-state index contributed by atoms with van der Waals surface area (Å²) < 4.78 is 5.39. The fourth-order valence-electron chi connectivity index (χ4n) is 5.46. The summed E-state index contributed by atoms with van der Waals surface area (Å²) in [5.74, 6) is 0.427. The van der Waals surface area contributed by atoms with E-state index in [1.165, 1.54) is 0 Å². The van der Waals surface area contributed by atoms with Gasteiger partial charge in [0.2, 0.25) is 11.8 Å². The Morgan fingerprint density at radius 3 is 2.08 bits per heavy atom. The molecule has 5 nitrogen and oxygen atoms in total. The minimum Gasteiger partial charge on any atom is -0.425 e. The molecule has 4 aliphatic carbocycles. The van der Waals surface area contributed by atoms with E-state index in [2.05, 4.69) is 12.2 Å². The second kappa shape index (κ2) is 5.29. The van der Waals surface area contributed by atoms with E-state index in [4.69, 9.17) is 4.74 Å². The predicted octanol–water partition coefficient (Wildman–Crippen LogP) is 2.26. The van der Waals surface area contributed by atoms with Gasteiger partial charge in [0.25, 0.3) is 0 Å². The van der Waals surface area contributed by atoms with Gasteiger partial charge in [-0.05, 0) is 67.2 Å². The molecule has 2 saturated carbocycles. The maximum atomic E-state index is 12.9. The summed E-state index contributed by atoms with van der Waals surface area (Å²) in [6.07, 6.45) is 5.38. The van der Waals surface area contributed by atoms with Crippen molar-refractivity contribution in [3.63, 3.8) is 0 Å². The van der Waals surface area contributed by atoms with Crippen LogP contribution in [0.25, 0.3) is 0 Å². The molecule has 26 heavy (non-hydrogen) atoms. The normalized spacial score (nSPS) is 36.2. The Balaban J connectivity index is 1.33. The van der Waals surface area contributed by atoms with Crippen LogP contribution in [-0.2, 0) is 14.4 Å². The number of benzene rings is 1. The number of carbonyl (C=O) groups is 3. The van der Waals surface area contributed by atoms with E-state index < -0.39 is 5.97 Å². The highest BCUT2D eigenvalue weighted by molar-refractivity contribution is 6.08. The second-order valence-electron chi connectivity index (χ2n) is 8.21. The van der Waals surface area contributed by atoms with Gasteiger partial charge in [-0.25, -0.2) is 4.79 Å². The summed E-state index contributed by atoms with van der Waals surface area (Å²) in [6.45, 7) is 3.56. The van der Waals surface area contributed by atoms with Gasteiger partial charge in [0, 0.05) is 0 Å². The van der Waals surface area contributed by atoms with Crippen LogP contribution in [0.15, 0.2) is 30.4 Å². The first kappa shape index (κ1) is 15.8. The van der Waals surface area contributed by atoms with Crippen LogP contribution in [0.4, 0.5) is 0 Å². The molecule has 0 aromatic heterocycles. The zero-order chi connectivity index (χ0) is 18.2. The SMILES string of the molecule is Cc1cc(C)cc(OC(=O)CN2C(=O)C3C4C=CC(C5CC45)C3C2=O)c1. The smallest absolute Gasteiger partial charge is 0.331 e. The fraction of sp³-hybridized carbons (Fsp3) is 0.476. The Labute approximate surface area is 152 Å². The number of aryl methyl sites for hydroxylation is 2. The molecule has 1 aliphatic heterocycles. The van der Waals surface area contributed by atoms with Gasteiger partial charge in [-0.2, -0.15) is 0 Å². The molecular formula is C21H21NO4. The maximum Gasteiger partial charge on any atom is 0.331 e. The monoisotopic (exact) mass is 351 g/mol. The average Bonchev–Trinajstić information content (AvgIpc) is 3.35. The van der Waals surface area contributed by atoms with Crippen molar-refractivity contribution in [1.82, 2.24) is 4.90 Å². The van der Waals surface area contributed by atoms with Gasteiger partial charge in [-0.15, -0.1) is 0 Å². The molecule has 6 atom stereocenters. The van der Waals surface area contributed by atoms with Crippen LogP contribution in [0.5, 0.6) is 5.75 Å². The van der Waals surface area contributed by atoms with E-state index in [-0.39, 0.29) is 42.0 Å². The zero-order valence-corrected chi connectivity index (χ0v) is 14.8. The number of esters is 1. The molecule has 0 radical (unpaired) electrons. The third-order valence-electron chi connectivity index (χ3n) is 6.47. The number of imide groups is 1. The van der Waals surface area contributed by atoms with E-state index >= 15 is 0 Å². The summed E-state index contributed by atoms with van der Waals surface area (Å²) in [5, 5.41) is 0. The average molecular weight is 351 g/mol. The number of carbonyl (C=O) groups excluding carboxylic acids is 3. The van der Waals surface area contributed by atoms with Crippen LogP contribution < -0.4 is 4.74 Å². The molecule has 0 N–H and O–H groups in total. The van der Waals surface area contributed by atoms with Crippen LogP contribution in [0.1, 0.15) is 17.5 Å². The molecule has 1 heterocycles. The molecule has 6 unspecified atom stereocenters. The van der Waals surface area contributed by atoms with E-state index in [0.717, 1.165) is 22.4 Å². The largest absolute Gasteiger partial charge is 0.425 e. The fourth-order valence-corrected chi connectivity index (χ4v) is 5.46. The van der Waals surface area contributed by atoms with Gasteiger partial charge in [0.1, 0.15) is 12.3 Å². The summed E-state index contributed by atoms with van der Waals surface area (Å²) in [5.41, 5.74) is 1.99. The number of ether oxygens (including phenoxy) is 1. The van der Waals surface area contributed by atoms with Gasteiger partial charge in [0.05, 0.1) is 11.8 Å². The number of hydrogen-bond acceptors (Lipinski definition) is 4. The first-order valence-corrected chi connectivity index (χ1v) is 9.26. The summed E-state index contributed by atoms with van der Waals surface area (Å²) >= 11 is 0. The van der Waals surface area contributed by atoms with E-state index in [1.807, 2.05) is 19.9 Å². The lowest BCUT2D eigenvalue weighted by Gasteiger charge is -2.37. The minimum absolute atomic E-state index is 0.173. The van der Waals surface area contributed by atoms with Gasteiger partial charge in [0.15, 0.2) is 0 Å². The lowest BCUT2D eigenvalue weighted by molar-refractivity contribution is -0.148. The third kappa shape index (κ3) is 2.19. The molecule has 134 valence electrons. The minimum atomic E-state index is -0.569. The van der Waals surface area contributed by atoms with Crippen LogP contribution in [0.2, 0.25) is 0 Å². The Bertz CT molecular complexity index is 817. The number of nitrogens with zero attached hydrogens (tertiary/aromatic N) is 1. The Hall–Kier alpha value is -2.43. The topological polar surface area (TPSA) is 63.7 Å². The first-order chi connectivity index (χ1) is 12.4. The van der Waals surface area contributed by atoms with Crippen LogP contribution in [0.3, 0.4) is 0 Å². The van der Waals surface area contributed by atoms with Crippen LogP contribution in [0, 0.1) is 49.4 Å². The summed E-state index contributed by atoms with van der Waals surface area (Å²) in [4.78, 5) is 39.2. The lowest BCUT2D eigenvalue weighted by Crippen LogP contribution is -2.40. The van der Waals surface area contributed by atoms with Crippen molar-refractivity contribution in [2.24, 2.45) is 35.5 Å². The highest BCUT2D eigenvalue weighted by Gasteiger charge is 2.67. The summed E-state index contributed by atoms with van der Waals surface area (Å²) in [7, 11) is 0. The Morgan fingerprint density at radius 1 is 1.00 bits per heavy atom. The van der Waals surface area contributed by atoms with Gasteiger partial charge < -0.3 is 4.74 Å². The van der Waals surface area contributed by atoms with Gasteiger partial charge >= 0.3 is 5.97 Å². The molecule has 5 aliphatic rings. The standard InChI is InChI=1S/C21H21NO4/c1-10-5-11(2)7-12(6-10)26-17(23)9-22-20(24)18-13-3-4-14(16-8-15(13)16)19(18)21(22)25/h3-7,13-16,18-19H,8-9H2,1-2H3.